The summed E-state index contributed by atoms with van der Waals surface area (Å²) in [7, 11) is 0. The van der Waals surface area contributed by atoms with Gasteiger partial charge >= 0.3 is 0 Å². The van der Waals surface area contributed by atoms with Crippen LogP contribution in [0.2, 0.25) is 0 Å². The van der Waals surface area contributed by atoms with Gasteiger partial charge in [-0.1, -0.05) is 24.8 Å². The monoisotopic (exact) mass is 163 g/mol. The lowest BCUT2D eigenvalue weighted by Gasteiger charge is -2.03. The van der Waals surface area contributed by atoms with Crippen molar-refractivity contribution in [2.75, 3.05) is 0 Å². The summed E-state index contributed by atoms with van der Waals surface area (Å²) in [5.41, 5.74) is 4.92. The number of hydrogen-bond donors (Lipinski definition) is 1. The minimum absolute atomic E-state index is 0.0544. The second-order valence-electron chi connectivity index (χ2n) is 2.20. The van der Waals surface area contributed by atoms with Gasteiger partial charge in [-0.3, -0.25) is 4.79 Å². The number of amides is 1. The number of benzene rings is 1. The summed E-state index contributed by atoms with van der Waals surface area (Å²) >= 11 is 0. The van der Waals surface area contributed by atoms with Gasteiger partial charge in [-0.2, -0.15) is 0 Å². The zero-order valence-electron chi connectivity index (χ0n) is 6.49. The highest BCUT2D eigenvalue weighted by Gasteiger charge is 2.02. The van der Waals surface area contributed by atoms with Crippen LogP contribution in [0, 0.1) is 0 Å². The Morgan fingerprint density at radius 2 is 1.92 bits per heavy atom. The van der Waals surface area contributed by atoms with Crippen molar-refractivity contribution in [1.82, 2.24) is 0 Å². The molecule has 1 aromatic carbocycles. The van der Waals surface area contributed by atoms with E-state index in [4.69, 9.17) is 10.5 Å². The van der Waals surface area contributed by atoms with E-state index in [1.54, 1.807) is 24.3 Å². The molecule has 0 bridgehead atoms. The van der Waals surface area contributed by atoms with Crippen LogP contribution in [0.5, 0.6) is 5.75 Å². The molecular formula is C9H9NO2. The van der Waals surface area contributed by atoms with Crippen molar-refractivity contribution in [1.29, 1.82) is 0 Å². The van der Waals surface area contributed by atoms with Crippen LogP contribution >= 0.6 is 0 Å². The Morgan fingerprint density at radius 3 is 2.42 bits per heavy atom. The molecule has 62 valence electrons. The lowest BCUT2D eigenvalue weighted by atomic mass is 10.3. The highest BCUT2D eigenvalue weighted by Crippen LogP contribution is 2.10. The number of nitrogens with two attached hydrogens (primary N) is 1. The Labute approximate surface area is 70.5 Å². The van der Waals surface area contributed by atoms with Crippen LogP contribution in [0.15, 0.2) is 42.7 Å². The second kappa shape index (κ2) is 3.57. The van der Waals surface area contributed by atoms with Crippen molar-refractivity contribution >= 4 is 5.91 Å². The van der Waals surface area contributed by atoms with E-state index in [0.29, 0.717) is 5.75 Å². The second-order valence-corrected chi connectivity index (χ2v) is 2.20. The first-order valence-electron chi connectivity index (χ1n) is 3.42. The molecule has 0 aliphatic heterocycles. The zero-order valence-corrected chi connectivity index (χ0v) is 6.49. The number of ether oxygens (including phenoxy) is 1. The molecule has 12 heavy (non-hydrogen) atoms. The maximum Gasteiger partial charge on any atom is 0.283 e. The molecule has 0 heterocycles. The Kier molecular flexibility index (Phi) is 2.48. The van der Waals surface area contributed by atoms with Crippen LogP contribution in [0.4, 0.5) is 0 Å². The predicted octanol–water partition coefficient (Wildman–Crippen LogP) is 1.06. The van der Waals surface area contributed by atoms with Gasteiger partial charge in [0.25, 0.3) is 5.91 Å². The molecular weight excluding hydrogens is 154 g/mol. The van der Waals surface area contributed by atoms with Gasteiger partial charge in [0, 0.05) is 0 Å². The largest absolute Gasteiger partial charge is 0.452 e. The minimum Gasteiger partial charge on any atom is -0.452 e. The number of para-hydroxylation sites is 1. The summed E-state index contributed by atoms with van der Waals surface area (Å²) < 4.78 is 5.01. The average molecular weight is 163 g/mol. The molecule has 0 saturated heterocycles. The number of carbonyl (C=O) groups excluding carboxylic acids is 1. The number of carbonyl (C=O) groups is 1. The van der Waals surface area contributed by atoms with E-state index in [2.05, 4.69) is 6.58 Å². The summed E-state index contributed by atoms with van der Waals surface area (Å²) in [6, 6.07) is 8.87. The molecule has 0 unspecified atom stereocenters. The number of hydrogen-bond acceptors (Lipinski definition) is 2. The topological polar surface area (TPSA) is 52.3 Å². The van der Waals surface area contributed by atoms with Crippen LogP contribution in [0.3, 0.4) is 0 Å². The summed E-state index contributed by atoms with van der Waals surface area (Å²) in [5.74, 6) is -0.152. The first kappa shape index (κ1) is 8.33. The fourth-order valence-electron chi connectivity index (χ4n) is 0.681. The van der Waals surface area contributed by atoms with Crippen molar-refractivity contribution in [3.8, 4) is 5.75 Å². The summed E-state index contributed by atoms with van der Waals surface area (Å²) in [6.45, 7) is 3.35. The molecule has 3 nitrogen and oxygen atoms in total. The molecule has 0 fully saturated rings. The molecule has 0 spiro atoms. The Morgan fingerprint density at radius 1 is 1.33 bits per heavy atom. The standard InChI is InChI=1S/C9H9NO2/c1-7(9(10)11)12-8-5-3-2-4-6-8/h2-6H,1H2,(H2,10,11). The molecule has 1 amide bonds. The third-order valence-corrected chi connectivity index (χ3v) is 1.26. The Hall–Kier alpha value is -1.77. The third kappa shape index (κ3) is 2.12. The molecule has 0 aliphatic carbocycles. The van der Waals surface area contributed by atoms with E-state index >= 15 is 0 Å². The predicted molar refractivity (Wildman–Crippen MR) is 45.4 cm³/mol. The van der Waals surface area contributed by atoms with Gasteiger partial charge in [-0.25, -0.2) is 0 Å². The van der Waals surface area contributed by atoms with E-state index in [1.165, 1.54) is 0 Å². The molecule has 0 aliphatic rings. The quantitative estimate of drug-likeness (QED) is 0.535. The Balaban J connectivity index is 2.65. The lowest BCUT2D eigenvalue weighted by molar-refractivity contribution is -0.116. The van der Waals surface area contributed by atoms with E-state index in [-0.39, 0.29) is 5.76 Å². The van der Waals surface area contributed by atoms with Crippen molar-refractivity contribution in [3.05, 3.63) is 42.7 Å². The fraction of sp³-hybridized carbons (Fsp3) is 0. The molecule has 1 rings (SSSR count). The minimum atomic E-state index is -0.654. The van der Waals surface area contributed by atoms with Gasteiger partial charge in [0.05, 0.1) is 0 Å². The highest BCUT2D eigenvalue weighted by molar-refractivity contribution is 5.89. The van der Waals surface area contributed by atoms with Crippen LogP contribution in [0.25, 0.3) is 0 Å². The summed E-state index contributed by atoms with van der Waals surface area (Å²) in [6.07, 6.45) is 0. The van der Waals surface area contributed by atoms with E-state index in [9.17, 15) is 4.79 Å². The molecule has 2 N–H and O–H groups in total. The van der Waals surface area contributed by atoms with Crippen LogP contribution in [0.1, 0.15) is 0 Å². The van der Waals surface area contributed by atoms with E-state index in [0.717, 1.165) is 0 Å². The van der Waals surface area contributed by atoms with Gasteiger partial charge in [-0.05, 0) is 12.1 Å². The maximum atomic E-state index is 10.5. The van der Waals surface area contributed by atoms with Gasteiger partial charge in [-0.15, -0.1) is 0 Å². The van der Waals surface area contributed by atoms with Gasteiger partial charge in [0.2, 0.25) is 0 Å². The summed E-state index contributed by atoms with van der Waals surface area (Å²) in [4.78, 5) is 10.5. The summed E-state index contributed by atoms with van der Waals surface area (Å²) in [5, 5.41) is 0. The van der Waals surface area contributed by atoms with E-state index < -0.39 is 5.91 Å². The molecule has 0 aromatic heterocycles. The number of rotatable bonds is 3. The van der Waals surface area contributed by atoms with Gasteiger partial charge in [0.15, 0.2) is 5.76 Å². The van der Waals surface area contributed by atoms with Crippen LogP contribution in [-0.4, -0.2) is 5.91 Å². The average Bonchev–Trinajstić information content (AvgIpc) is 2.06. The fourth-order valence-corrected chi connectivity index (χ4v) is 0.681. The van der Waals surface area contributed by atoms with E-state index in [1.807, 2.05) is 6.07 Å². The van der Waals surface area contributed by atoms with Gasteiger partial charge in [0.1, 0.15) is 5.75 Å². The first-order valence-corrected chi connectivity index (χ1v) is 3.42. The van der Waals surface area contributed by atoms with Crippen molar-refractivity contribution in [3.63, 3.8) is 0 Å². The number of primary amides is 1. The normalized spacial score (nSPS) is 9.00. The third-order valence-electron chi connectivity index (χ3n) is 1.26. The SMILES string of the molecule is C=C(Oc1ccccc1)C(N)=O. The van der Waals surface area contributed by atoms with Gasteiger partial charge < -0.3 is 10.5 Å². The molecule has 0 atom stereocenters. The smallest absolute Gasteiger partial charge is 0.283 e. The Bertz CT molecular complexity index is 293. The maximum absolute atomic E-state index is 10.5. The lowest BCUT2D eigenvalue weighted by Crippen LogP contribution is -2.16. The molecule has 0 radical (unpaired) electrons. The van der Waals surface area contributed by atoms with Crippen molar-refractivity contribution < 1.29 is 9.53 Å². The van der Waals surface area contributed by atoms with Crippen molar-refractivity contribution in [2.45, 2.75) is 0 Å². The van der Waals surface area contributed by atoms with Crippen molar-refractivity contribution in [2.24, 2.45) is 5.73 Å². The molecule has 1 aromatic rings. The molecule has 3 heteroatoms. The highest BCUT2D eigenvalue weighted by atomic mass is 16.5. The zero-order chi connectivity index (χ0) is 8.97. The first-order chi connectivity index (χ1) is 5.70. The van der Waals surface area contributed by atoms with Crippen LogP contribution < -0.4 is 10.5 Å². The molecule has 0 saturated carbocycles. The van der Waals surface area contributed by atoms with Crippen LogP contribution in [-0.2, 0) is 4.79 Å².